The van der Waals surface area contributed by atoms with E-state index in [1.165, 1.54) is 0 Å². The van der Waals surface area contributed by atoms with Crippen molar-refractivity contribution in [3.8, 4) is 0 Å². The van der Waals surface area contributed by atoms with Gasteiger partial charge in [0, 0.05) is 57.0 Å². The van der Waals surface area contributed by atoms with Crippen molar-refractivity contribution in [1.82, 2.24) is 0 Å². The fraction of sp³-hybridized carbons (Fsp3) is 0. The summed E-state index contributed by atoms with van der Waals surface area (Å²) < 4.78 is 0. The minimum atomic E-state index is 0. The van der Waals surface area contributed by atoms with Crippen LogP contribution in [0.3, 0.4) is 0 Å². The molecule has 0 aromatic heterocycles. The van der Waals surface area contributed by atoms with Crippen LogP contribution in [0.5, 0.6) is 0 Å². The van der Waals surface area contributed by atoms with Crippen LogP contribution in [0.25, 0.3) is 0 Å². The quantitative estimate of drug-likeness (QED) is 0.251. The Bertz CT molecular complexity index is 11.6. The van der Waals surface area contributed by atoms with E-state index < -0.39 is 0 Å². The molecule has 0 aliphatic heterocycles. The van der Waals surface area contributed by atoms with E-state index >= 15 is 0 Å². The summed E-state index contributed by atoms with van der Waals surface area (Å²) in [6.45, 7) is 0. The number of rotatable bonds is 0. The molecule has 0 bridgehead atoms. The van der Waals surface area contributed by atoms with Gasteiger partial charge in [0.2, 0.25) is 0 Å². The first kappa shape index (κ1) is 38.8. The van der Waals surface area contributed by atoms with Gasteiger partial charge in [-0.2, -0.15) is 0 Å². The molecule has 0 atom stereocenters. The third-order valence-corrected chi connectivity index (χ3v) is 0. The van der Waals surface area contributed by atoms with Crippen LogP contribution in [0, 0.1) is 0 Å². The van der Waals surface area contributed by atoms with Gasteiger partial charge in [-0.25, -0.2) is 0 Å². The second kappa shape index (κ2) is 25.8. The Morgan fingerprint density at radius 1 is 1.00 bits per heavy atom. The third-order valence-electron chi connectivity index (χ3n) is 0. The maximum absolute atomic E-state index is 0. The molecule has 0 saturated heterocycles. The Morgan fingerprint density at radius 2 is 1.00 bits per heavy atom. The summed E-state index contributed by atoms with van der Waals surface area (Å²) in [6, 6.07) is 0. The molecule has 0 aromatic carbocycles. The van der Waals surface area contributed by atoms with Crippen molar-refractivity contribution in [1.29, 1.82) is 0 Å². The summed E-state index contributed by atoms with van der Waals surface area (Å²) in [6.07, 6.45) is 0. The van der Waals surface area contributed by atoms with Gasteiger partial charge in [-0.1, -0.05) is 0 Å². The van der Waals surface area contributed by atoms with Crippen LogP contribution in [0.15, 0.2) is 0 Å². The molecule has 0 unspecified atom stereocenters. The van der Waals surface area contributed by atoms with Crippen molar-refractivity contribution in [3.05, 3.63) is 0 Å². The average molecular weight is 683 g/mol. The van der Waals surface area contributed by atoms with Gasteiger partial charge >= 0.3 is 51.2 Å². The first-order chi connectivity index (χ1) is 0. The van der Waals surface area contributed by atoms with Crippen LogP contribution >= 0.6 is 0 Å². The van der Waals surface area contributed by atoms with E-state index in [0.29, 0.717) is 0 Å². The summed E-state index contributed by atoms with van der Waals surface area (Å²) >= 11 is 0. The Morgan fingerprint density at radius 3 is 1.00 bits per heavy atom. The average Bonchev–Trinajstić information content (AvgIpc) is 0. The van der Waals surface area contributed by atoms with Crippen LogP contribution in [-0.4, -0.2) is 51.2 Å². The van der Waals surface area contributed by atoms with E-state index in [-0.39, 0.29) is 108 Å². The topological polar surface area (TPSA) is 0 Å². The van der Waals surface area contributed by atoms with Crippen LogP contribution < -0.4 is 0 Å². The molecule has 5 heteroatoms. The monoisotopic (exact) mass is 686 g/mol. The van der Waals surface area contributed by atoms with Gasteiger partial charge in [-0.05, 0) is 0 Å². The molecule has 0 amide bonds. The van der Waals surface area contributed by atoms with Crippen molar-refractivity contribution >= 4 is 51.2 Å². The van der Waals surface area contributed by atoms with Crippen LogP contribution in [0.4, 0.5) is 0 Å². The Kier molecular flexibility index (Phi) is 200. The molecule has 0 aromatic rings. The molecule has 0 N–H and O–H groups in total. The minimum absolute atomic E-state index is 0. The summed E-state index contributed by atoms with van der Waals surface area (Å²) in [5.74, 6) is 0. The summed E-state index contributed by atoms with van der Waals surface area (Å²) in [7, 11) is 0. The molecular weight excluding hydrogens is 677 g/mol. The van der Waals surface area contributed by atoms with E-state index in [4.69, 9.17) is 0 Å². The van der Waals surface area contributed by atoms with Crippen molar-refractivity contribution < 1.29 is 57.0 Å². The third kappa shape index (κ3) is 18.5. The zero-order chi connectivity index (χ0) is 0. The molecule has 5 heavy (non-hydrogen) atoms. The normalized spacial score (nSPS) is 0. The van der Waals surface area contributed by atoms with Gasteiger partial charge in [0.25, 0.3) is 0 Å². The number of hydrogen-bond acceptors (Lipinski definition) is 0. The summed E-state index contributed by atoms with van der Waals surface area (Å²) in [4.78, 5) is 0. The zero-order valence-corrected chi connectivity index (χ0v) is 12.6. The Hall–Kier alpha value is 3.53. The standard InChI is InChI=1S/Cu.Pb.Re.Ru.Sn.6H. The second-order valence-electron chi connectivity index (χ2n) is 0. The molecule has 4 radical (unpaired) electrons. The van der Waals surface area contributed by atoms with Crippen LogP contribution in [-0.2, 0) is 57.0 Å². The first-order valence-electron chi connectivity index (χ1n) is 0. The predicted octanol–water partition coefficient (Wildman–Crippen LogP) is -2.38. The molecule has 0 fully saturated rings. The van der Waals surface area contributed by atoms with E-state index in [1.807, 2.05) is 0 Å². The SMILES string of the molecule is [Cu].[PbH2].[Re].[Ru].[SnH4]. The van der Waals surface area contributed by atoms with Crippen LogP contribution in [0.1, 0.15) is 0 Å². The summed E-state index contributed by atoms with van der Waals surface area (Å²) in [5, 5.41) is 0. The van der Waals surface area contributed by atoms with Crippen LogP contribution in [0.2, 0.25) is 0 Å². The maximum atomic E-state index is 0. The number of hydrogen-bond donors (Lipinski definition) is 0. The van der Waals surface area contributed by atoms with Gasteiger partial charge in [-0.3, -0.25) is 0 Å². The van der Waals surface area contributed by atoms with Gasteiger partial charge < -0.3 is 0 Å². The Balaban J connectivity index is 0. The van der Waals surface area contributed by atoms with Crippen molar-refractivity contribution in [2.24, 2.45) is 0 Å². The molecule has 0 rings (SSSR count). The van der Waals surface area contributed by atoms with E-state index in [9.17, 15) is 0 Å². The van der Waals surface area contributed by atoms with E-state index in [2.05, 4.69) is 0 Å². The predicted molar refractivity (Wildman–Crippen MR) is 19.9 cm³/mol. The molecule has 0 aliphatic carbocycles. The molecule has 40 valence electrons. The van der Waals surface area contributed by atoms with Crippen molar-refractivity contribution in [2.45, 2.75) is 0 Å². The van der Waals surface area contributed by atoms with Gasteiger partial charge in [0.05, 0.1) is 0 Å². The molecule has 0 heterocycles. The van der Waals surface area contributed by atoms with Crippen molar-refractivity contribution in [2.75, 3.05) is 0 Å². The fourth-order valence-electron chi connectivity index (χ4n) is 0. The molecular formula is H6CuPbReRuSn. The fourth-order valence-corrected chi connectivity index (χ4v) is 0. The van der Waals surface area contributed by atoms with Crippen molar-refractivity contribution in [3.63, 3.8) is 0 Å². The van der Waals surface area contributed by atoms with Gasteiger partial charge in [0.15, 0.2) is 0 Å². The Labute approximate surface area is 106 Å². The molecule has 0 aliphatic rings. The second-order valence-corrected chi connectivity index (χ2v) is 0. The van der Waals surface area contributed by atoms with Gasteiger partial charge in [-0.15, -0.1) is 0 Å². The molecule has 0 spiro atoms. The first-order valence-corrected chi connectivity index (χ1v) is 0. The summed E-state index contributed by atoms with van der Waals surface area (Å²) in [5.41, 5.74) is 0. The zero-order valence-electron chi connectivity index (χ0n) is 1.74. The molecule has 0 nitrogen and oxygen atoms in total. The molecule has 0 saturated carbocycles. The van der Waals surface area contributed by atoms with E-state index in [0.717, 1.165) is 0 Å². The van der Waals surface area contributed by atoms with E-state index in [1.54, 1.807) is 0 Å². The van der Waals surface area contributed by atoms with Gasteiger partial charge in [0.1, 0.15) is 0 Å².